The number of nitrogens with one attached hydrogen (secondary N) is 1. The number of benzene rings is 1. The van der Waals surface area contributed by atoms with E-state index in [2.05, 4.69) is 5.32 Å². The number of hydrogen-bond acceptors (Lipinski definition) is 2. The average molecular weight is 270 g/mol. The Kier molecular flexibility index (Phi) is 3.17. The molecule has 5 heteroatoms. The fraction of sp³-hybridized carbons (Fsp3) is 0.571. The molecule has 1 saturated heterocycles. The lowest BCUT2D eigenvalue weighted by Gasteiger charge is -2.23. The molecular formula is C14H17F3N2. The topological polar surface area (TPSA) is 15.3 Å². The summed E-state index contributed by atoms with van der Waals surface area (Å²) in [4.78, 5) is 1.85. The minimum Gasteiger partial charge on any atom is -0.369 e. The number of nitrogens with zero attached hydrogens (tertiary/aromatic N) is 1. The lowest BCUT2D eigenvalue weighted by molar-refractivity contribution is -0.137. The van der Waals surface area contributed by atoms with Crippen molar-refractivity contribution in [1.29, 1.82) is 0 Å². The van der Waals surface area contributed by atoms with Crippen LogP contribution in [0.25, 0.3) is 0 Å². The summed E-state index contributed by atoms with van der Waals surface area (Å²) < 4.78 is 38.9. The van der Waals surface area contributed by atoms with Gasteiger partial charge in [0.25, 0.3) is 0 Å². The molecule has 0 radical (unpaired) electrons. The van der Waals surface area contributed by atoms with Crippen LogP contribution in [-0.2, 0) is 6.18 Å². The summed E-state index contributed by atoms with van der Waals surface area (Å²) in [6.45, 7) is 1.36. The first-order valence-corrected chi connectivity index (χ1v) is 6.71. The molecule has 2 nitrogen and oxygen atoms in total. The van der Waals surface area contributed by atoms with Gasteiger partial charge in [0, 0.05) is 30.9 Å². The fourth-order valence-electron chi connectivity index (χ4n) is 2.69. The highest BCUT2D eigenvalue weighted by molar-refractivity contribution is 5.55. The smallest absolute Gasteiger partial charge is 0.369 e. The summed E-state index contributed by atoms with van der Waals surface area (Å²) in [6, 6.07) is 6.78. The molecule has 0 bridgehead atoms. The van der Waals surface area contributed by atoms with Crippen molar-refractivity contribution in [3.63, 3.8) is 0 Å². The number of para-hydroxylation sites is 1. The van der Waals surface area contributed by atoms with Crippen molar-refractivity contribution >= 4 is 5.69 Å². The van der Waals surface area contributed by atoms with E-state index in [9.17, 15) is 13.2 Å². The van der Waals surface area contributed by atoms with Gasteiger partial charge in [-0.2, -0.15) is 13.2 Å². The third kappa shape index (κ3) is 2.86. The molecule has 2 aliphatic rings. The van der Waals surface area contributed by atoms with Gasteiger partial charge in [0.15, 0.2) is 0 Å². The Bertz CT molecular complexity index is 454. The third-order valence-corrected chi connectivity index (χ3v) is 3.79. The SMILES string of the molecule is FC(F)(F)c1ccccc1N1CCC(NC2CC2)C1. The van der Waals surface area contributed by atoms with Crippen molar-refractivity contribution < 1.29 is 13.2 Å². The molecule has 1 saturated carbocycles. The van der Waals surface area contributed by atoms with Crippen molar-refractivity contribution in [2.45, 2.75) is 37.5 Å². The highest BCUT2D eigenvalue weighted by atomic mass is 19.4. The van der Waals surface area contributed by atoms with Gasteiger partial charge in [-0.1, -0.05) is 12.1 Å². The minimum absolute atomic E-state index is 0.315. The van der Waals surface area contributed by atoms with Gasteiger partial charge in [-0.15, -0.1) is 0 Å². The number of anilines is 1. The van der Waals surface area contributed by atoms with Crippen LogP contribution in [0, 0.1) is 0 Å². The summed E-state index contributed by atoms with van der Waals surface area (Å²) in [5.74, 6) is 0. The third-order valence-electron chi connectivity index (χ3n) is 3.79. The van der Waals surface area contributed by atoms with E-state index in [-0.39, 0.29) is 0 Å². The second-order valence-electron chi connectivity index (χ2n) is 5.39. The molecule has 1 aliphatic heterocycles. The summed E-state index contributed by atoms with van der Waals surface area (Å²) in [7, 11) is 0. The van der Waals surface area contributed by atoms with E-state index in [4.69, 9.17) is 0 Å². The number of alkyl halides is 3. The highest BCUT2D eigenvalue weighted by Gasteiger charge is 2.36. The molecule has 2 fully saturated rings. The largest absolute Gasteiger partial charge is 0.418 e. The van der Waals surface area contributed by atoms with Gasteiger partial charge < -0.3 is 10.2 Å². The van der Waals surface area contributed by atoms with E-state index >= 15 is 0 Å². The van der Waals surface area contributed by atoms with Gasteiger partial charge in [0.05, 0.1) is 5.56 Å². The Labute approximate surface area is 110 Å². The molecule has 1 aromatic carbocycles. The standard InChI is InChI=1S/C14H17F3N2/c15-14(16,17)12-3-1-2-4-13(12)19-8-7-11(9-19)18-10-5-6-10/h1-4,10-11,18H,5-9H2. The van der Waals surface area contributed by atoms with Gasteiger partial charge in [-0.3, -0.25) is 0 Å². The zero-order valence-electron chi connectivity index (χ0n) is 10.6. The Hall–Kier alpha value is -1.23. The molecule has 1 N–H and O–H groups in total. The Morgan fingerprint density at radius 3 is 2.47 bits per heavy atom. The lowest BCUT2D eigenvalue weighted by atomic mass is 10.1. The van der Waals surface area contributed by atoms with Crippen LogP contribution in [0.4, 0.5) is 18.9 Å². The molecule has 0 spiro atoms. The maximum absolute atomic E-state index is 13.0. The Morgan fingerprint density at radius 2 is 1.79 bits per heavy atom. The van der Waals surface area contributed by atoms with Crippen molar-refractivity contribution in [3.8, 4) is 0 Å². The van der Waals surface area contributed by atoms with Crippen LogP contribution in [0.2, 0.25) is 0 Å². The number of hydrogen-bond donors (Lipinski definition) is 1. The maximum atomic E-state index is 13.0. The number of halogens is 3. The normalized spacial score (nSPS) is 23.9. The van der Waals surface area contributed by atoms with Crippen LogP contribution in [0.1, 0.15) is 24.8 Å². The van der Waals surface area contributed by atoms with E-state index in [1.165, 1.54) is 18.9 Å². The molecule has 1 aromatic rings. The lowest BCUT2D eigenvalue weighted by Crippen LogP contribution is -2.34. The van der Waals surface area contributed by atoms with E-state index in [0.29, 0.717) is 30.9 Å². The van der Waals surface area contributed by atoms with Crippen LogP contribution >= 0.6 is 0 Å². The van der Waals surface area contributed by atoms with Gasteiger partial charge in [-0.05, 0) is 31.4 Å². The Balaban J connectivity index is 1.75. The van der Waals surface area contributed by atoms with E-state index in [1.807, 2.05) is 4.90 Å². The minimum atomic E-state index is -4.28. The molecule has 1 heterocycles. The molecule has 0 aromatic heterocycles. The monoisotopic (exact) mass is 270 g/mol. The van der Waals surface area contributed by atoms with Gasteiger partial charge >= 0.3 is 6.18 Å². The molecule has 0 amide bonds. The van der Waals surface area contributed by atoms with Crippen LogP contribution in [-0.4, -0.2) is 25.2 Å². The quantitative estimate of drug-likeness (QED) is 0.908. The predicted octanol–water partition coefficient (Wildman–Crippen LogP) is 3.04. The van der Waals surface area contributed by atoms with Crippen molar-refractivity contribution in [2.75, 3.05) is 18.0 Å². The van der Waals surface area contributed by atoms with E-state index in [0.717, 1.165) is 12.5 Å². The summed E-state index contributed by atoms with van der Waals surface area (Å²) in [6.07, 6.45) is -0.952. The first-order chi connectivity index (χ1) is 9.04. The zero-order chi connectivity index (χ0) is 13.5. The van der Waals surface area contributed by atoms with Crippen molar-refractivity contribution in [1.82, 2.24) is 5.32 Å². The van der Waals surface area contributed by atoms with E-state index < -0.39 is 11.7 Å². The fourth-order valence-corrected chi connectivity index (χ4v) is 2.69. The van der Waals surface area contributed by atoms with Crippen LogP contribution in [0.15, 0.2) is 24.3 Å². The first-order valence-electron chi connectivity index (χ1n) is 6.71. The van der Waals surface area contributed by atoms with Gasteiger partial charge in [-0.25, -0.2) is 0 Å². The molecule has 19 heavy (non-hydrogen) atoms. The van der Waals surface area contributed by atoms with Crippen molar-refractivity contribution in [2.24, 2.45) is 0 Å². The first kappa shape index (κ1) is 12.8. The summed E-state index contributed by atoms with van der Waals surface area (Å²) >= 11 is 0. The average Bonchev–Trinajstić information content (AvgIpc) is 3.04. The molecule has 1 atom stereocenters. The summed E-state index contributed by atoms with van der Waals surface area (Å²) in [5, 5.41) is 3.49. The number of rotatable bonds is 3. The molecule has 3 rings (SSSR count). The maximum Gasteiger partial charge on any atom is 0.418 e. The molecule has 104 valence electrons. The summed E-state index contributed by atoms with van der Waals surface area (Å²) in [5.41, 5.74) is -0.211. The highest BCUT2D eigenvalue weighted by Crippen LogP contribution is 2.37. The van der Waals surface area contributed by atoms with Crippen LogP contribution in [0.5, 0.6) is 0 Å². The molecule has 1 unspecified atom stereocenters. The zero-order valence-corrected chi connectivity index (χ0v) is 10.6. The van der Waals surface area contributed by atoms with E-state index in [1.54, 1.807) is 12.1 Å². The van der Waals surface area contributed by atoms with Crippen LogP contribution < -0.4 is 10.2 Å². The predicted molar refractivity (Wildman–Crippen MR) is 68.2 cm³/mol. The second kappa shape index (κ2) is 4.71. The van der Waals surface area contributed by atoms with Gasteiger partial charge in [0.2, 0.25) is 0 Å². The van der Waals surface area contributed by atoms with Gasteiger partial charge in [0.1, 0.15) is 0 Å². The second-order valence-corrected chi connectivity index (χ2v) is 5.39. The molecule has 1 aliphatic carbocycles. The Morgan fingerprint density at radius 1 is 1.05 bits per heavy atom. The molecular weight excluding hydrogens is 253 g/mol. The van der Waals surface area contributed by atoms with Crippen molar-refractivity contribution in [3.05, 3.63) is 29.8 Å². The van der Waals surface area contributed by atoms with Crippen LogP contribution in [0.3, 0.4) is 0 Å².